The Morgan fingerprint density at radius 1 is 0.778 bits per heavy atom. The first kappa shape index (κ1) is 14.4. The van der Waals surface area contributed by atoms with Gasteiger partial charge in [-0.1, -0.05) is 33.6 Å². The molecule has 2 N–H and O–H groups in total. The fourth-order valence-electron chi connectivity index (χ4n) is 4.16. The molecule has 2 saturated carbocycles. The first-order valence-electron chi connectivity index (χ1n) is 8.20. The van der Waals surface area contributed by atoms with E-state index in [1.807, 2.05) is 0 Å². The van der Waals surface area contributed by atoms with Crippen LogP contribution in [0, 0.1) is 23.2 Å². The van der Waals surface area contributed by atoms with Crippen molar-refractivity contribution in [2.75, 3.05) is 0 Å². The molecule has 0 heterocycles. The first-order chi connectivity index (χ1) is 8.45. The van der Waals surface area contributed by atoms with Crippen molar-refractivity contribution in [1.82, 2.24) is 0 Å². The highest BCUT2D eigenvalue weighted by molar-refractivity contribution is 4.83. The second kappa shape index (κ2) is 5.94. The van der Waals surface area contributed by atoms with E-state index >= 15 is 0 Å². The summed E-state index contributed by atoms with van der Waals surface area (Å²) in [5.74, 6) is 3.00. The summed E-state index contributed by atoms with van der Waals surface area (Å²) in [5.41, 5.74) is 6.53. The highest BCUT2D eigenvalue weighted by Crippen LogP contribution is 2.42. The SMILES string of the molecule is CC(C)(C)C1CCC(CC2CCC(N)CC2)CC1. The van der Waals surface area contributed by atoms with E-state index in [4.69, 9.17) is 5.73 Å². The molecule has 18 heavy (non-hydrogen) atoms. The molecule has 2 aliphatic rings. The number of hydrogen-bond acceptors (Lipinski definition) is 1. The lowest BCUT2D eigenvalue weighted by Gasteiger charge is -2.38. The third-order valence-corrected chi connectivity index (χ3v) is 5.63. The van der Waals surface area contributed by atoms with Crippen LogP contribution in [0.3, 0.4) is 0 Å². The minimum absolute atomic E-state index is 0.512. The zero-order chi connectivity index (χ0) is 13.2. The van der Waals surface area contributed by atoms with Gasteiger partial charge in [-0.2, -0.15) is 0 Å². The second-order valence-corrected chi connectivity index (χ2v) is 8.10. The Morgan fingerprint density at radius 3 is 1.67 bits per heavy atom. The van der Waals surface area contributed by atoms with Gasteiger partial charge in [0.2, 0.25) is 0 Å². The lowest BCUT2D eigenvalue weighted by Crippen LogP contribution is -2.29. The van der Waals surface area contributed by atoms with E-state index in [1.54, 1.807) is 0 Å². The molecular weight excluding hydrogens is 218 g/mol. The van der Waals surface area contributed by atoms with E-state index in [1.165, 1.54) is 57.8 Å². The quantitative estimate of drug-likeness (QED) is 0.753. The molecule has 0 bridgehead atoms. The normalized spacial score (nSPS) is 38.7. The van der Waals surface area contributed by atoms with Gasteiger partial charge in [0.1, 0.15) is 0 Å². The average molecular weight is 251 g/mol. The highest BCUT2D eigenvalue weighted by atomic mass is 14.6. The fraction of sp³-hybridized carbons (Fsp3) is 1.00. The van der Waals surface area contributed by atoms with Crippen molar-refractivity contribution in [2.45, 2.75) is 84.6 Å². The van der Waals surface area contributed by atoms with Gasteiger partial charge in [0.15, 0.2) is 0 Å². The lowest BCUT2D eigenvalue weighted by atomic mass is 9.68. The van der Waals surface area contributed by atoms with Gasteiger partial charge in [-0.05, 0) is 68.1 Å². The van der Waals surface area contributed by atoms with Crippen molar-refractivity contribution in [3.05, 3.63) is 0 Å². The standard InChI is InChI=1S/C17H33N/c1-17(2,3)15-8-4-13(5-9-15)12-14-6-10-16(18)11-7-14/h13-16H,4-12,18H2,1-3H3. The van der Waals surface area contributed by atoms with Crippen LogP contribution in [0.25, 0.3) is 0 Å². The van der Waals surface area contributed by atoms with Gasteiger partial charge in [-0.25, -0.2) is 0 Å². The predicted octanol–water partition coefficient (Wildman–Crippen LogP) is 4.75. The van der Waals surface area contributed by atoms with Gasteiger partial charge in [-0.3, -0.25) is 0 Å². The molecule has 2 aliphatic carbocycles. The highest BCUT2D eigenvalue weighted by Gasteiger charge is 2.31. The summed E-state index contributed by atoms with van der Waals surface area (Å²) >= 11 is 0. The van der Waals surface area contributed by atoms with Crippen LogP contribution in [0.4, 0.5) is 0 Å². The van der Waals surface area contributed by atoms with Crippen LogP contribution in [-0.2, 0) is 0 Å². The van der Waals surface area contributed by atoms with Crippen LogP contribution >= 0.6 is 0 Å². The Hall–Kier alpha value is -0.0400. The van der Waals surface area contributed by atoms with Crippen LogP contribution < -0.4 is 5.73 Å². The molecule has 0 aromatic carbocycles. The zero-order valence-electron chi connectivity index (χ0n) is 12.8. The van der Waals surface area contributed by atoms with E-state index in [-0.39, 0.29) is 0 Å². The van der Waals surface area contributed by atoms with Gasteiger partial charge in [0.05, 0.1) is 0 Å². The maximum atomic E-state index is 6.00. The van der Waals surface area contributed by atoms with Crippen LogP contribution in [0.2, 0.25) is 0 Å². The van der Waals surface area contributed by atoms with Crippen molar-refractivity contribution in [3.63, 3.8) is 0 Å². The molecule has 1 heteroatoms. The Balaban J connectivity index is 1.70. The predicted molar refractivity (Wildman–Crippen MR) is 79.5 cm³/mol. The second-order valence-electron chi connectivity index (χ2n) is 8.10. The van der Waals surface area contributed by atoms with Crippen LogP contribution in [0.1, 0.15) is 78.6 Å². The smallest absolute Gasteiger partial charge is 0.00390 e. The Kier molecular flexibility index (Phi) is 4.75. The number of nitrogens with two attached hydrogens (primary N) is 1. The van der Waals surface area contributed by atoms with Gasteiger partial charge >= 0.3 is 0 Å². The van der Waals surface area contributed by atoms with E-state index in [0.717, 1.165) is 17.8 Å². The van der Waals surface area contributed by atoms with Crippen LogP contribution in [0.15, 0.2) is 0 Å². The summed E-state index contributed by atoms with van der Waals surface area (Å²) in [7, 11) is 0. The van der Waals surface area contributed by atoms with Crippen molar-refractivity contribution in [1.29, 1.82) is 0 Å². The average Bonchev–Trinajstić information content (AvgIpc) is 2.32. The molecule has 0 aromatic rings. The van der Waals surface area contributed by atoms with E-state index in [2.05, 4.69) is 20.8 Å². The van der Waals surface area contributed by atoms with Gasteiger partial charge < -0.3 is 5.73 Å². The summed E-state index contributed by atoms with van der Waals surface area (Å²) in [6.07, 6.45) is 12.8. The van der Waals surface area contributed by atoms with Crippen LogP contribution in [0.5, 0.6) is 0 Å². The van der Waals surface area contributed by atoms with Crippen molar-refractivity contribution < 1.29 is 0 Å². The molecule has 106 valence electrons. The molecule has 0 spiro atoms. The molecule has 0 atom stereocenters. The van der Waals surface area contributed by atoms with Gasteiger partial charge in [-0.15, -0.1) is 0 Å². The molecule has 2 fully saturated rings. The zero-order valence-corrected chi connectivity index (χ0v) is 12.8. The Labute approximate surface area is 114 Å². The fourth-order valence-corrected chi connectivity index (χ4v) is 4.16. The Morgan fingerprint density at radius 2 is 1.22 bits per heavy atom. The number of hydrogen-bond donors (Lipinski definition) is 1. The third kappa shape index (κ3) is 3.98. The lowest BCUT2D eigenvalue weighted by molar-refractivity contribution is 0.132. The van der Waals surface area contributed by atoms with Gasteiger partial charge in [0, 0.05) is 6.04 Å². The Bertz CT molecular complexity index is 237. The summed E-state index contributed by atoms with van der Waals surface area (Å²) in [5, 5.41) is 0. The molecular formula is C17H33N. The van der Waals surface area contributed by atoms with Crippen LogP contribution in [-0.4, -0.2) is 6.04 Å². The largest absolute Gasteiger partial charge is 0.328 e. The summed E-state index contributed by atoms with van der Waals surface area (Å²) in [6.45, 7) is 7.25. The molecule has 0 aromatic heterocycles. The molecule has 0 radical (unpaired) electrons. The summed E-state index contributed by atoms with van der Waals surface area (Å²) in [6, 6.07) is 0.512. The molecule has 1 nitrogen and oxygen atoms in total. The first-order valence-corrected chi connectivity index (χ1v) is 8.20. The van der Waals surface area contributed by atoms with Crippen molar-refractivity contribution in [2.24, 2.45) is 28.9 Å². The molecule has 0 saturated heterocycles. The minimum Gasteiger partial charge on any atom is -0.328 e. The molecule has 0 unspecified atom stereocenters. The third-order valence-electron chi connectivity index (χ3n) is 5.63. The number of rotatable bonds is 2. The topological polar surface area (TPSA) is 26.0 Å². The maximum absolute atomic E-state index is 6.00. The molecule has 2 rings (SSSR count). The summed E-state index contributed by atoms with van der Waals surface area (Å²) in [4.78, 5) is 0. The van der Waals surface area contributed by atoms with E-state index < -0.39 is 0 Å². The minimum atomic E-state index is 0.512. The molecule has 0 amide bonds. The van der Waals surface area contributed by atoms with E-state index in [0.29, 0.717) is 11.5 Å². The summed E-state index contributed by atoms with van der Waals surface area (Å²) < 4.78 is 0. The maximum Gasteiger partial charge on any atom is 0.00390 e. The molecule has 0 aliphatic heterocycles. The van der Waals surface area contributed by atoms with Crippen molar-refractivity contribution in [3.8, 4) is 0 Å². The monoisotopic (exact) mass is 251 g/mol. The van der Waals surface area contributed by atoms with Crippen molar-refractivity contribution >= 4 is 0 Å². The van der Waals surface area contributed by atoms with E-state index in [9.17, 15) is 0 Å². The van der Waals surface area contributed by atoms with Gasteiger partial charge in [0.25, 0.3) is 0 Å².